The van der Waals surface area contributed by atoms with Crippen molar-refractivity contribution in [1.29, 1.82) is 0 Å². The SMILES string of the molecule is COC(=O)c1ccc(CCc2c(Br)n(Cc3ccccc3)c3nc(N)nc(O)c23)cc1. The summed E-state index contributed by atoms with van der Waals surface area (Å²) in [6.07, 6.45) is 1.34. The molecule has 0 aliphatic carbocycles. The number of fused-ring (bicyclic) bond motifs is 1. The van der Waals surface area contributed by atoms with E-state index in [-0.39, 0.29) is 17.8 Å². The number of aryl methyl sites for hydroxylation is 2. The van der Waals surface area contributed by atoms with Crippen LogP contribution in [0.5, 0.6) is 5.88 Å². The van der Waals surface area contributed by atoms with Gasteiger partial charge in [0.1, 0.15) is 0 Å². The normalized spacial score (nSPS) is 11.0. The number of hydrogen-bond acceptors (Lipinski definition) is 6. The molecule has 4 aromatic rings. The van der Waals surface area contributed by atoms with Crippen LogP contribution in [0.4, 0.5) is 5.95 Å². The fourth-order valence-electron chi connectivity index (χ4n) is 3.61. The first kappa shape index (κ1) is 20.9. The Hall–Kier alpha value is -3.39. The van der Waals surface area contributed by atoms with Gasteiger partial charge in [0.05, 0.1) is 29.2 Å². The summed E-state index contributed by atoms with van der Waals surface area (Å²) in [6.45, 7) is 0.571. The van der Waals surface area contributed by atoms with Gasteiger partial charge in [-0.25, -0.2) is 4.79 Å². The lowest BCUT2D eigenvalue weighted by atomic mass is 10.0. The predicted molar refractivity (Wildman–Crippen MR) is 122 cm³/mol. The van der Waals surface area contributed by atoms with Crippen LogP contribution in [-0.4, -0.2) is 32.7 Å². The van der Waals surface area contributed by atoms with E-state index in [4.69, 9.17) is 10.5 Å². The van der Waals surface area contributed by atoms with Crippen molar-refractivity contribution in [2.24, 2.45) is 0 Å². The van der Waals surface area contributed by atoms with E-state index in [9.17, 15) is 9.90 Å². The quantitative estimate of drug-likeness (QED) is 0.402. The molecule has 8 heteroatoms. The second-order valence-corrected chi connectivity index (χ2v) is 7.88. The van der Waals surface area contributed by atoms with Crippen molar-refractivity contribution in [3.05, 3.63) is 81.5 Å². The zero-order chi connectivity index (χ0) is 22.0. The maximum Gasteiger partial charge on any atom is 0.337 e. The van der Waals surface area contributed by atoms with E-state index in [0.29, 0.717) is 36.0 Å². The summed E-state index contributed by atoms with van der Waals surface area (Å²) < 4.78 is 7.55. The number of methoxy groups -OCH3 is 1. The van der Waals surface area contributed by atoms with Gasteiger partial charge < -0.3 is 20.1 Å². The summed E-state index contributed by atoms with van der Waals surface area (Å²) in [5.74, 6) is -0.474. The van der Waals surface area contributed by atoms with Crippen molar-refractivity contribution in [3.63, 3.8) is 0 Å². The molecule has 0 amide bonds. The molecule has 3 N–H and O–H groups in total. The van der Waals surface area contributed by atoms with E-state index in [1.165, 1.54) is 7.11 Å². The molecule has 2 heterocycles. The molecule has 4 rings (SSSR count). The van der Waals surface area contributed by atoms with E-state index < -0.39 is 0 Å². The van der Waals surface area contributed by atoms with Crippen LogP contribution in [0.25, 0.3) is 11.0 Å². The van der Waals surface area contributed by atoms with E-state index in [0.717, 1.165) is 21.3 Å². The first-order valence-corrected chi connectivity index (χ1v) is 10.5. The Labute approximate surface area is 187 Å². The van der Waals surface area contributed by atoms with Crippen LogP contribution < -0.4 is 5.73 Å². The van der Waals surface area contributed by atoms with E-state index in [1.807, 2.05) is 47.0 Å². The van der Waals surface area contributed by atoms with Gasteiger partial charge in [0.15, 0.2) is 5.65 Å². The molecule has 0 spiro atoms. The minimum atomic E-state index is -0.363. The number of ether oxygens (including phenoxy) is 1. The number of anilines is 1. The van der Waals surface area contributed by atoms with Gasteiger partial charge in [-0.3, -0.25) is 0 Å². The molecule has 0 unspecified atom stereocenters. The third-order valence-electron chi connectivity index (χ3n) is 5.15. The van der Waals surface area contributed by atoms with Crippen LogP contribution in [0.1, 0.15) is 27.0 Å². The van der Waals surface area contributed by atoms with Crippen LogP contribution in [0.2, 0.25) is 0 Å². The number of aromatic nitrogens is 3. The Morgan fingerprint density at radius 2 is 1.77 bits per heavy atom. The molecule has 7 nitrogen and oxygen atoms in total. The van der Waals surface area contributed by atoms with Crippen molar-refractivity contribution >= 4 is 38.9 Å². The zero-order valence-electron chi connectivity index (χ0n) is 16.9. The molecule has 0 saturated heterocycles. The Morgan fingerprint density at radius 3 is 2.45 bits per heavy atom. The highest BCUT2D eigenvalue weighted by Gasteiger charge is 2.21. The minimum absolute atomic E-state index is 0.0225. The van der Waals surface area contributed by atoms with Gasteiger partial charge in [0, 0.05) is 0 Å². The van der Waals surface area contributed by atoms with Crippen molar-refractivity contribution in [3.8, 4) is 5.88 Å². The third kappa shape index (κ3) is 4.25. The molecule has 0 atom stereocenters. The fourth-order valence-corrected chi connectivity index (χ4v) is 4.30. The highest BCUT2D eigenvalue weighted by Crippen LogP contribution is 2.36. The smallest absolute Gasteiger partial charge is 0.337 e. The lowest BCUT2D eigenvalue weighted by Crippen LogP contribution is -2.03. The molecular formula is C23H21BrN4O3. The summed E-state index contributed by atoms with van der Waals surface area (Å²) in [7, 11) is 1.36. The lowest BCUT2D eigenvalue weighted by molar-refractivity contribution is 0.0600. The molecule has 2 aromatic carbocycles. The molecule has 0 aliphatic rings. The summed E-state index contributed by atoms with van der Waals surface area (Å²) in [4.78, 5) is 20.0. The van der Waals surface area contributed by atoms with Gasteiger partial charge in [0.25, 0.3) is 0 Å². The van der Waals surface area contributed by atoms with Gasteiger partial charge in [-0.05, 0) is 57.6 Å². The van der Waals surface area contributed by atoms with Gasteiger partial charge in [-0.15, -0.1) is 0 Å². The number of nitrogens with two attached hydrogens (primary N) is 1. The van der Waals surface area contributed by atoms with Crippen LogP contribution in [-0.2, 0) is 24.1 Å². The van der Waals surface area contributed by atoms with Crippen molar-refractivity contribution in [2.75, 3.05) is 12.8 Å². The maximum atomic E-state index is 11.6. The first-order valence-electron chi connectivity index (χ1n) is 9.72. The number of esters is 1. The average molecular weight is 481 g/mol. The summed E-state index contributed by atoms with van der Waals surface area (Å²) in [6, 6.07) is 17.3. The Bertz CT molecular complexity index is 1240. The second-order valence-electron chi connectivity index (χ2n) is 7.13. The molecule has 158 valence electrons. The predicted octanol–water partition coefficient (Wildman–Crippen LogP) is 4.10. The minimum Gasteiger partial charge on any atom is -0.493 e. The molecule has 2 aromatic heterocycles. The number of carbonyl (C=O) groups excluding carboxylic acids is 1. The van der Waals surface area contributed by atoms with Gasteiger partial charge >= 0.3 is 5.97 Å². The number of hydrogen-bond donors (Lipinski definition) is 2. The summed E-state index contributed by atoms with van der Waals surface area (Å²) in [5, 5.41) is 11.1. The van der Waals surface area contributed by atoms with E-state index in [1.54, 1.807) is 12.1 Å². The number of nitrogen functional groups attached to an aromatic ring is 1. The zero-order valence-corrected chi connectivity index (χ0v) is 18.5. The summed E-state index contributed by atoms with van der Waals surface area (Å²) in [5.41, 5.74) is 9.96. The van der Waals surface area contributed by atoms with E-state index in [2.05, 4.69) is 25.9 Å². The van der Waals surface area contributed by atoms with Crippen molar-refractivity contribution in [2.45, 2.75) is 19.4 Å². The van der Waals surface area contributed by atoms with E-state index >= 15 is 0 Å². The van der Waals surface area contributed by atoms with Crippen molar-refractivity contribution in [1.82, 2.24) is 14.5 Å². The largest absolute Gasteiger partial charge is 0.493 e. The number of carbonyl (C=O) groups is 1. The van der Waals surface area contributed by atoms with Gasteiger partial charge in [0.2, 0.25) is 11.8 Å². The molecule has 0 saturated carbocycles. The molecular weight excluding hydrogens is 460 g/mol. The maximum absolute atomic E-state index is 11.6. The third-order valence-corrected chi connectivity index (χ3v) is 6.06. The Balaban J connectivity index is 1.69. The monoisotopic (exact) mass is 480 g/mol. The molecule has 0 fully saturated rings. The Morgan fingerprint density at radius 1 is 1.06 bits per heavy atom. The van der Waals surface area contributed by atoms with Crippen LogP contribution >= 0.6 is 15.9 Å². The van der Waals surface area contributed by atoms with Crippen LogP contribution in [0.15, 0.2) is 59.2 Å². The number of halogens is 1. The van der Waals surface area contributed by atoms with Crippen molar-refractivity contribution < 1.29 is 14.6 Å². The Kier molecular flexibility index (Phi) is 5.90. The number of rotatable bonds is 6. The average Bonchev–Trinajstić information content (AvgIpc) is 3.04. The molecule has 0 bridgehead atoms. The summed E-state index contributed by atoms with van der Waals surface area (Å²) >= 11 is 3.71. The number of aromatic hydroxyl groups is 1. The molecule has 0 radical (unpaired) electrons. The fraction of sp³-hybridized carbons (Fsp3) is 0.174. The topological polar surface area (TPSA) is 103 Å². The molecule has 31 heavy (non-hydrogen) atoms. The van der Waals surface area contributed by atoms with Gasteiger partial charge in [-0.2, -0.15) is 9.97 Å². The van der Waals surface area contributed by atoms with Crippen LogP contribution in [0, 0.1) is 0 Å². The highest BCUT2D eigenvalue weighted by atomic mass is 79.9. The first-order chi connectivity index (χ1) is 15.0. The standard InChI is InChI=1S/C23H21BrN4O3/c1-31-22(30)16-10-7-14(8-11-16)9-12-17-18-20(26-23(25)27-21(18)29)28(19(17)24)13-15-5-3-2-4-6-15/h2-8,10-11H,9,12-13H2,1H3,(H3,25,26,27,29). The highest BCUT2D eigenvalue weighted by molar-refractivity contribution is 9.10. The second kappa shape index (κ2) is 8.77. The van der Waals surface area contributed by atoms with Gasteiger partial charge in [-0.1, -0.05) is 42.5 Å². The molecule has 0 aliphatic heterocycles. The number of nitrogens with zero attached hydrogens (tertiary/aromatic N) is 3. The number of benzene rings is 2. The lowest BCUT2D eigenvalue weighted by Gasteiger charge is -2.08. The van der Waals surface area contributed by atoms with Crippen LogP contribution in [0.3, 0.4) is 0 Å².